The molecule has 2 aromatic carbocycles. The highest BCUT2D eigenvalue weighted by Gasteiger charge is 1.98. The molecule has 21 heavy (non-hydrogen) atoms. The zero-order valence-electron chi connectivity index (χ0n) is 11.2. The van der Waals surface area contributed by atoms with E-state index in [0.29, 0.717) is 10.0 Å². The molecule has 2 rings (SSSR count). The van der Waals surface area contributed by atoms with Crippen molar-refractivity contribution in [3.05, 3.63) is 58.1 Å². The highest BCUT2D eigenvalue weighted by Crippen LogP contribution is 2.24. The molecule has 0 radical (unpaired) electrons. The summed E-state index contributed by atoms with van der Waals surface area (Å²) in [6, 6.07) is 12.5. The van der Waals surface area contributed by atoms with Gasteiger partial charge in [-0.1, -0.05) is 35.3 Å². The number of carbonyl (C=O) groups excluding carboxylic acids is 1. The number of benzene rings is 2. The van der Waals surface area contributed by atoms with Crippen LogP contribution in [0.3, 0.4) is 0 Å². The number of hydrogen-bond donors (Lipinski definition) is 2. The van der Waals surface area contributed by atoms with E-state index in [1.54, 1.807) is 24.4 Å². The van der Waals surface area contributed by atoms with Crippen molar-refractivity contribution in [2.45, 2.75) is 6.92 Å². The molecule has 0 saturated carbocycles. The maximum absolute atomic E-state index is 10.9. The van der Waals surface area contributed by atoms with E-state index in [-0.39, 0.29) is 5.91 Å². The lowest BCUT2D eigenvalue weighted by atomic mass is 10.2. The van der Waals surface area contributed by atoms with Crippen LogP contribution in [0.1, 0.15) is 12.5 Å². The Balaban J connectivity index is 1.97. The molecule has 0 heterocycles. The Labute approximate surface area is 132 Å². The molecule has 0 saturated heterocycles. The third kappa shape index (κ3) is 4.77. The topological polar surface area (TPSA) is 53.5 Å². The molecule has 0 aliphatic carbocycles. The molecule has 0 atom stereocenters. The Morgan fingerprint density at radius 2 is 1.71 bits per heavy atom. The highest BCUT2D eigenvalue weighted by atomic mass is 35.5. The first kappa shape index (κ1) is 15.4. The summed E-state index contributed by atoms with van der Waals surface area (Å²) in [5.74, 6) is -0.0994. The Hall–Kier alpha value is -2.04. The van der Waals surface area contributed by atoms with Crippen molar-refractivity contribution >= 4 is 46.7 Å². The van der Waals surface area contributed by atoms with Gasteiger partial charge in [-0.05, 0) is 35.9 Å². The van der Waals surface area contributed by atoms with Gasteiger partial charge in [-0.3, -0.25) is 10.2 Å². The molecule has 2 aromatic rings. The monoisotopic (exact) mass is 321 g/mol. The summed E-state index contributed by atoms with van der Waals surface area (Å²) >= 11 is 11.7. The van der Waals surface area contributed by atoms with Crippen LogP contribution in [0.2, 0.25) is 10.0 Å². The van der Waals surface area contributed by atoms with Gasteiger partial charge in [-0.15, -0.1) is 0 Å². The lowest BCUT2D eigenvalue weighted by Gasteiger charge is -2.03. The standard InChI is InChI=1S/C15H13Cl2N3O/c1-10(21)19-12-4-2-11(3-5-12)9-18-20-13-6-7-14(16)15(17)8-13/h2-9,20H,1H3,(H,19,21)/b18-9-. The van der Waals surface area contributed by atoms with Crippen LogP contribution in [-0.2, 0) is 4.79 Å². The predicted octanol–water partition coefficient (Wildman–Crippen LogP) is 4.40. The second-order valence-electron chi connectivity index (χ2n) is 4.30. The van der Waals surface area contributed by atoms with Gasteiger partial charge in [0.15, 0.2) is 0 Å². The summed E-state index contributed by atoms with van der Waals surface area (Å²) < 4.78 is 0. The number of hydrazone groups is 1. The van der Waals surface area contributed by atoms with Crippen LogP contribution in [0.25, 0.3) is 0 Å². The zero-order chi connectivity index (χ0) is 15.2. The van der Waals surface area contributed by atoms with E-state index in [1.807, 2.05) is 24.3 Å². The molecule has 2 N–H and O–H groups in total. The van der Waals surface area contributed by atoms with E-state index >= 15 is 0 Å². The van der Waals surface area contributed by atoms with Gasteiger partial charge in [-0.2, -0.15) is 5.10 Å². The van der Waals surface area contributed by atoms with Crippen molar-refractivity contribution in [2.24, 2.45) is 5.10 Å². The van der Waals surface area contributed by atoms with Crippen LogP contribution in [0.4, 0.5) is 11.4 Å². The maximum Gasteiger partial charge on any atom is 0.221 e. The third-order valence-corrected chi connectivity index (χ3v) is 3.30. The van der Waals surface area contributed by atoms with Gasteiger partial charge in [0.1, 0.15) is 0 Å². The van der Waals surface area contributed by atoms with Gasteiger partial charge in [0, 0.05) is 12.6 Å². The molecular weight excluding hydrogens is 309 g/mol. The summed E-state index contributed by atoms with van der Waals surface area (Å²) in [7, 11) is 0. The largest absolute Gasteiger partial charge is 0.326 e. The molecule has 6 heteroatoms. The Kier molecular flexibility index (Phi) is 5.20. The second kappa shape index (κ2) is 7.11. The van der Waals surface area contributed by atoms with E-state index in [1.165, 1.54) is 6.92 Å². The first-order valence-corrected chi connectivity index (χ1v) is 6.92. The molecule has 0 fully saturated rings. The first-order chi connectivity index (χ1) is 10.0. The lowest BCUT2D eigenvalue weighted by Crippen LogP contribution is -2.05. The number of hydrogen-bond acceptors (Lipinski definition) is 3. The fourth-order valence-electron chi connectivity index (χ4n) is 1.60. The third-order valence-electron chi connectivity index (χ3n) is 2.56. The normalized spacial score (nSPS) is 10.6. The molecule has 1 amide bonds. The number of anilines is 2. The number of rotatable bonds is 4. The predicted molar refractivity (Wildman–Crippen MR) is 88.4 cm³/mol. The minimum atomic E-state index is -0.0994. The average Bonchev–Trinajstić information content (AvgIpc) is 2.44. The van der Waals surface area contributed by atoms with Crippen molar-refractivity contribution in [2.75, 3.05) is 10.7 Å². The van der Waals surface area contributed by atoms with E-state index in [2.05, 4.69) is 15.8 Å². The fraction of sp³-hybridized carbons (Fsp3) is 0.0667. The molecule has 108 valence electrons. The van der Waals surface area contributed by atoms with Gasteiger partial charge >= 0.3 is 0 Å². The molecular formula is C15H13Cl2N3O. The summed E-state index contributed by atoms with van der Waals surface area (Å²) in [4.78, 5) is 10.9. The Morgan fingerprint density at radius 3 is 2.33 bits per heavy atom. The second-order valence-corrected chi connectivity index (χ2v) is 5.12. The van der Waals surface area contributed by atoms with Crippen LogP contribution >= 0.6 is 23.2 Å². The van der Waals surface area contributed by atoms with Gasteiger partial charge in [0.25, 0.3) is 0 Å². The van der Waals surface area contributed by atoms with Crippen LogP contribution < -0.4 is 10.7 Å². The number of nitrogens with zero attached hydrogens (tertiary/aromatic N) is 1. The number of amides is 1. The van der Waals surface area contributed by atoms with Gasteiger partial charge in [-0.25, -0.2) is 0 Å². The summed E-state index contributed by atoms with van der Waals surface area (Å²) in [6.07, 6.45) is 1.67. The summed E-state index contributed by atoms with van der Waals surface area (Å²) in [6.45, 7) is 1.47. The van der Waals surface area contributed by atoms with Gasteiger partial charge in [0.2, 0.25) is 5.91 Å². The molecule has 0 aliphatic heterocycles. The Morgan fingerprint density at radius 1 is 1.05 bits per heavy atom. The molecule has 0 spiro atoms. The summed E-state index contributed by atoms with van der Waals surface area (Å²) in [5.41, 5.74) is 5.26. The molecule has 0 aliphatic rings. The van der Waals surface area contributed by atoms with Crippen LogP contribution in [0.15, 0.2) is 47.6 Å². The van der Waals surface area contributed by atoms with Crippen molar-refractivity contribution in [1.29, 1.82) is 0 Å². The van der Waals surface area contributed by atoms with Crippen molar-refractivity contribution in [3.8, 4) is 0 Å². The smallest absolute Gasteiger partial charge is 0.221 e. The minimum Gasteiger partial charge on any atom is -0.326 e. The van der Waals surface area contributed by atoms with Crippen LogP contribution in [-0.4, -0.2) is 12.1 Å². The van der Waals surface area contributed by atoms with Crippen LogP contribution in [0, 0.1) is 0 Å². The highest BCUT2D eigenvalue weighted by molar-refractivity contribution is 6.42. The fourth-order valence-corrected chi connectivity index (χ4v) is 1.90. The molecule has 0 bridgehead atoms. The first-order valence-electron chi connectivity index (χ1n) is 6.16. The van der Waals surface area contributed by atoms with Crippen molar-refractivity contribution in [1.82, 2.24) is 0 Å². The van der Waals surface area contributed by atoms with Crippen LogP contribution in [0.5, 0.6) is 0 Å². The molecule has 0 aromatic heterocycles. The van der Waals surface area contributed by atoms with Gasteiger partial charge < -0.3 is 5.32 Å². The lowest BCUT2D eigenvalue weighted by molar-refractivity contribution is -0.114. The molecule has 4 nitrogen and oxygen atoms in total. The van der Waals surface area contributed by atoms with Crippen molar-refractivity contribution in [3.63, 3.8) is 0 Å². The van der Waals surface area contributed by atoms with E-state index in [9.17, 15) is 4.79 Å². The zero-order valence-corrected chi connectivity index (χ0v) is 12.7. The minimum absolute atomic E-state index is 0.0994. The van der Waals surface area contributed by atoms with E-state index < -0.39 is 0 Å². The van der Waals surface area contributed by atoms with E-state index in [0.717, 1.165) is 16.9 Å². The number of nitrogens with one attached hydrogen (secondary N) is 2. The SMILES string of the molecule is CC(=O)Nc1ccc(/C=N\Nc2ccc(Cl)c(Cl)c2)cc1. The maximum atomic E-state index is 10.9. The molecule has 0 unspecified atom stereocenters. The summed E-state index contributed by atoms with van der Waals surface area (Å²) in [5, 5.41) is 7.78. The van der Waals surface area contributed by atoms with Gasteiger partial charge in [0.05, 0.1) is 21.9 Å². The average molecular weight is 322 g/mol. The van der Waals surface area contributed by atoms with E-state index in [4.69, 9.17) is 23.2 Å². The quantitative estimate of drug-likeness (QED) is 0.647. The van der Waals surface area contributed by atoms with Crippen molar-refractivity contribution < 1.29 is 4.79 Å². The number of carbonyl (C=O) groups is 1. The number of halogens is 2. The Bertz CT molecular complexity index is 669.